The second-order valence-corrected chi connectivity index (χ2v) is 31.5. The standard InChI is InChI=1S/C22H34O3Si4.C5H11O2SSi.N2.U.V/c1-9-26(3,4)23-28(7,8)25-29(24-27(5,6)10-2,21-17-13-11-14-18-21)22-19-15-12-16-20-22;1-6-9(7-2)5-3-4-8-9;1-2;;/h9-20H,1-2H2,3-8H3;1,3-5H2,2H3;;;/q;+1;;;. The zero-order chi connectivity index (χ0) is 30.5. The maximum atomic E-state index is 7.08. The minimum Gasteiger partial charge on any atom is -0.433 e. The van der Waals surface area contributed by atoms with Crippen LogP contribution in [0, 0.1) is 49.0 Å². The Kier molecular flexibility index (Phi) is 21.3. The quantitative estimate of drug-likeness (QED) is 0.137. The van der Waals surface area contributed by atoms with E-state index in [9.17, 15) is 0 Å². The summed E-state index contributed by atoms with van der Waals surface area (Å²) in [4.78, 5) is 0. The van der Waals surface area contributed by atoms with Gasteiger partial charge in [0.25, 0.3) is 0 Å². The molecule has 0 aliphatic carbocycles. The van der Waals surface area contributed by atoms with Crippen molar-refractivity contribution in [1.29, 1.82) is 10.8 Å². The van der Waals surface area contributed by atoms with Gasteiger partial charge in [0, 0.05) is 73.6 Å². The van der Waals surface area contributed by atoms with Gasteiger partial charge in [-0.1, -0.05) is 72.1 Å². The molecule has 227 valence electrons. The van der Waals surface area contributed by atoms with Gasteiger partial charge in [-0.05, 0) is 61.8 Å². The molecule has 1 aliphatic heterocycles. The van der Waals surface area contributed by atoms with Gasteiger partial charge in [0.05, 0.1) is 0 Å². The fourth-order valence-electron chi connectivity index (χ4n) is 4.11. The molecule has 1 atom stereocenters. The largest absolute Gasteiger partial charge is 0.460 e. The molecule has 1 aliphatic rings. The van der Waals surface area contributed by atoms with Crippen molar-refractivity contribution in [3.05, 3.63) is 92.3 Å². The molecule has 0 N–H and O–H groups in total. The van der Waals surface area contributed by atoms with Crippen LogP contribution in [0.2, 0.25) is 45.3 Å². The van der Waals surface area contributed by atoms with Gasteiger partial charge in [0.2, 0.25) is 15.4 Å². The maximum Gasteiger partial charge on any atom is 0.460 e. The third-order valence-corrected chi connectivity index (χ3v) is 27.0. The molecule has 1 fully saturated rings. The maximum absolute atomic E-state index is 7.08. The minimum absolute atomic E-state index is 0. The summed E-state index contributed by atoms with van der Waals surface area (Å²) in [5.74, 6) is 1.18. The Hall–Kier alpha value is 0.0808. The molecule has 3 rings (SSSR count). The SMILES string of the molecule is C=C[Si](C)(C)O[Si](C)(C)O[Si](O[Si](C)(C)C=C)(c1ccccc1)c1ccccc1.N#N.[CH2+]O[Si]1(OC)CCCS1.[U].[V]. The van der Waals surface area contributed by atoms with Crippen LogP contribution in [0.25, 0.3) is 0 Å². The summed E-state index contributed by atoms with van der Waals surface area (Å²) in [6.45, 7) is 20.9. The van der Waals surface area contributed by atoms with Crippen LogP contribution < -0.4 is 10.4 Å². The second kappa shape index (κ2) is 20.3. The Balaban J connectivity index is 0. The third kappa shape index (κ3) is 13.6. The van der Waals surface area contributed by atoms with Crippen molar-refractivity contribution in [3.8, 4) is 0 Å². The minimum atomic E-state index is -3.04. The zero-order valence-electron chi connectivity index (χ0n) is 26.0. The van der Waals surface area contributed by atoms with E-state index in [1.165, 1.54) is 12.2 Å². The van der Waals surface area contributed by atoms with Crippen molar-refractivity contribution < 1.29 is 70.9 Å². The van der Waals surface area contributed by atoms with Crippen molar-refractivity contribution in [1.82, 2.24) is 0 Å². The number of benzene rings is 2. The van der Waals surface area contributed by atoms with Gasteiger partial charge in [-0.3, -0.25) is 0 Å². The van der Waals surface area contributed by atoms with Gasteiger partial charge in [-0.25, -0.2) is 4.43 Å². The van der Waals surface area contributed by atoms with E-state index >= 15 is 0 Å². The van der Waals surface area contributed by atoms with Crippen LogP contribution in [0.1, 0.15) is 6.42 Å². The second-order valence-electron chi connectivity index (χ2n) is 10.7. The van der Waals surface area contributed by atoms with E-state index in [1.807, 2.05) is 59.0 Å². The first-order valence-corrected chi connectivity index (χ1v) is 27.4. The number of hydrogen-bond donors (Lipinski definition) is 0. The monoisotopic (exact) mass is 938 g/mol. The molecule has 0 saturated carbocycles. The van der Waals surface area contributed by atoms with Gasteiger partial charge in [-0.15, -0.1) is 24.4 Å². The van der Waals surface area contributed by atoms with Crippen molar-refractivity contribution in [2.75, 3.05) is 12.9 Å². The zero-order valence-corrected chi connectivity index (χ0v) is 37.3. The van der Waals surface area contributed by atoms with E-state index in [-0.39, 0.29) is 49.7 Å². The van der Waals surface area contributed by atoms with Crippen LogP contribution in [-0.4, -0.2) is 54.3 Å². The third-order valence-electron chi connectivity index (χ3n) is 6.08. The normalized spacial score (nSPS) is 16.7. The van der Waals surface area contributed by atoms with E-state index in [2.05, 4.69) is 83.8 Å². The number of hydrogen-bond acceptors (Lipinski definition) is 8. The van der Waals surface area contributed by atoms with Crippen LogP contribution in [0.3, 0.4) is 0 Å². The molecule has 2 aromatic carbocycles. The van der Waals surface area contributed by atoms with Gasteiger partial charge >= 0.3 is 24.8 Å². The Labute approximate surface area is 298 Å². The van der Waals surface area contributed by atoms with Crippen molar-refractivity contribution in [2.24, 2.45) is 0 Å². The molecule has 1 heterocycles. The van der Waals surface area contributed by atoms with E-state index in [0.717, 1.165) is 16.4 Å². The van der Waals surface area contributed by atoms with Crippen molar-refractivity contribution in [2.45, 2.75) is 51.7 Å². The molecule has 15 heteroatoms. The molecule has 42 heavy (non-hydrogen) atoms. The van der Waals surface area contributed by atoms with Crippen molar-refractivity contribution in [3.63, 3.8) is 0 Å². The predicted molar refractivity (Wildman–Crippen MR) is 179 cm³/mol. The van der Waals surface area contributed by atoms with Gasteiger partial charge in [0.15, 0.2) is 8.32 Å². The van der Waals surface area contributed by atoms with Crippen LogP contribution >= 0.6 is 11.2 Å². The fraction of sp³-hybridized carbons (Fsp3) is 0.370. The van der Waals surface area contributed by atoms with Crippen LogP contribution in [0.15, 0.2) is 85.2 Å². The summed E-state index contributed by atoms with van der Waals surface area (Å²) in [6, 6.07) is 21.8. The average Bonchev–Trinajstić information content (AvgIpc) is 3.44. The molecule has 0 aromatic heterocycles. The molecule has 1 radical (unpaired) electrons. The van der Waals surface area contributed by atoms with E-state index < -0.39 is 41.5 Å². The molecule has 2 aromatic rings. The molecule has 1 saturated heterocycles. The predicted octanol–water partition coefficient (Wildman–Crippen LogP) is 6.40. The summed E-state index contributed by atoms with van der Waals surface area (Å²) in [7, 11) is -6.43. The summed E-state index contributed by atoms with van der Waals surface area (Å²) in [5.41, 5.74) is 3.94. The van der Waals surface area contributed by atoms with Gasteiger partial charge in [-0.2, -0.15) is 0 Å². The fourth-order valence-corrected chi connectivity index (χ4v) is 25.3. The first-order chi connectivity index (χ1) is 18.8. The van der Waals surface area contributed by atoms with Crippen LogP contribution in [0.4, 0.5) is 0 Å². The average molecular weight is 939 g/mol. The topological polar surface area (TPSA) is 93.7 Å². The van der Waals surface area contributed by atoms with E-state index in [1.54, 1.807) is 7.11 Å². The summed E-state index contributed by atoms with van der Waals surface area (Å²) in [6.07, 6.45) is 1.22. The van der Waals surface area contributed by atoms with Gasteiger partial charge < -0.3 is 16.8 Å². The Morgan fingerprint density at radius 1 is 0.810 bits per heavy atom. The van der Waals surface area contributed by atoms with Crippen LogP contribution in [0.5, 0.6) is 0 Å². The smallest absolute Gasteiger partial charge is 0.433 e. The van der Waals surface area contributed by atoms with Crippen LogP contribution in [-0.2, 0) is 39.8 Å². The number of rotatable bonds is 12. The summed E-state index contributed by atoms with van der Waals surface area (Å²) >= 11 is 1.82. The molecule has 0 bridgehead atoms. The van der Waals surface area contributed by atoms with E-state index in [4.69, 9.17) is 32.0 Å². The molecule has 1 unspecified atom stereocenters. The first kappa shape index (κ1) is 44.2. The Morgan fingerprint density at radius 3 is 1.55 bits per heavy atom. The molecule has 7 nitrogen and oxygen atoms in total. The molecule has 0 spiro atoms. The molecular weight excluding hydrogens is 894 g/mol. The molecular formula is C27H45N2O5SSi5UV+. The van der Waals surface area contributed by atoms with Gasteiger partial charge in [0.1, 0.15) is 0 Å². The Morgan fingerprint density at radius 2 is 1.24 bits per heavy atom. The molecule has 0 amide bonds. The van der Waals surface area contributed by atoms with E-state index in [0.29, 0.717) is 0 Å². The summed E-state index contributed by atoms with van der Waals surface area (Å²) < 4.78 is 31.0. The summed E-state index contributed by atoms with van der Waals surface area (Å²) in [5, 5.41) is 14.2. The first-order valence-electron chi connectivity index (χ1n) is 13.1. The van der Waals surface area contributed by atoms with Crippen molar-refractivity contribution >= 4 is 63.1 Å². The number of nitrogens with zero attached hydrogens (tertiary/aromatic N) is 2. The Bertz CT molecular complexity index is 1040.